The van der Waals surface area contributed by atoms with Crippen molar-refractivity contribution >= 4 is 5.95 Å². The van der Waals surface area contributed by atoms with Crippen LogP contribution in [-0.4, -0.2) is 9.97 Å². The molecule has 5 heteroatoms. The lowest BCUT2D eigenvalue weighted by atomic mass is 10.9. The second kappa shape index (κ2) is 1.85. The average molecular weight is 127 g/mol. The predicted octanol–water partition coefficient (Wildman–Crippen LogP) is -1.82. The highest BCUT2D eigenvalue weighted by molar-refractivity contribution is 5.00. The van der Waals surface area contributed by atoms with Crippen LogP contribution < -0.4 is 16.0 Å². The number of nitrogens with zero attached hydrogens (tertiary/aromatic N) is 2. The van der Waals surface area contributed by atoms with E-state index in [0.717, 1.165) is 0 Å². The lowest BCUT2D eigenvalue weighted by Crippen LogP contribution is -2.37. The van der Waals surface area contributed by atoms with Crippen LogP contribution in [0.25, 0.3) is 0 Å². The molecular weight excluding hydrogens is 120 g/mol. The van der Waals surface area contributed by atoms with Gasteiger partial charge in [-0.15, -0.1) is 0 Å². The molecule has 0 unspecified atom stereocenters. The van der Waals surface area contributed by atoms with E-state index in [4.69, 9.17) is 5.73 Å². The Morgan fingerprint density at radius 1 is 1.89 bits per heavy atom. The SMILES string of the molecule is C[n+]1cnc(=O)[nH]c1N. The molecule has 1 aromatic heterocycles. The summed E-state index contributed by atoms with van der Waals surface area (Å²) >= 11 is 0. The molecule has 0 fully saturated rings. The van der Waals surface area contributed by atoms with E-state index in [-0.39, 0.29) is 0 Å². The van der Waals surface area contributed by atoms with E-state index in [1.807, 2.05) is 0 Å². The molecule has 3 N–H and O–H groups in total. The van der Waals surface area contributed by atoms with Crippen molar-refractivity contribution in [1.29, 1.82) is 0 Å². The zero-order valence-corrected chi connectivity index (χ0v) is 4.96. The van der Waals surface area contributed by atoms with Gasteiger partial charge in [0.1, 0.15) is 0 Å². The molecule has 0 aliphatic heterocycles. The summed E-state index contributed by atoms with van der Waals surface area (Å²) < 4.78 is 1.52. The van der Waals surface area contributed by atoms with Crippen LogP contribution in [0.3, 0.4) is 0 Å². The van der Waals surface area contributed by atoms with Crippen LogP contribution in [0.2, 0.25) is 0 Å². The van der Waals surface area contributed by atoms with Crippen LogP contribution in [0, 0.1) is 0 Å². The van der Waals surface area contributed by atoms with Crippen molar-refractivity contribution in [3.63, 3.8) is 0 Å². The first-order valence-electron chi connectivity index (χ1n) is 2.40. The summed E-state index contributed by atoms with van der Waals surface area (Å²) in [7, 11) is 1.69. The average Bonchev–Trinajstić information content (AvgIpc) is 1.80. The van der Waals surface area contributed by atoms with Crippen molar-refractivity contribution in [2.24, 2.45) is 7.05 Å². The number of nitrogen functional groups attached to an aromatic ring is 1. The number of aromatic amines is 1. The van der Waals surface area contributed by atoms with Gasteiger partial charge in [0.05, 0.1) is 7.05 Å². The van der Waals surface area contributed by atoms with Gasteiger partial charge in [0.2, 0.25) is 6.33 Å². The number of hydrogen-bond acceptors (Lipinski definition) is 3. The Kier molecular flexibility index (Phi) is 1.18. The first-order valence-corrected chi connectivity index (χ1v) is 2.40. The molecule has 48 valence electrons. The van der Waals surface area contributed by atoms with Gasteiger partial charge in [-0.3, -0.25) is 0 Å². The van der Waals surface area contributed by atoms with E-state index in [0.29, 0.717) is 5.95 Å². The van der Waals surface area contributed by atoms with Gasteiger partial charge >= 0.3 is 11.6 Å². The standard InChI is InChI=1S/C4H6N4O/c1-8-2-6-4(9)7-3(8)5/h2H,1H3,(H2,5,7,9)/p+1. The molecule has 0 atom stereocenters. The molecule has 1 aromatic rings. The zero-order chi connectivity index (χ0) is 6.85. The Labute approximate surface area is 51.2 Å². The smallest absolute Gasteiger partial charge is 0.310 e. The monoisotopic (exact) mass is 127 g/mol. The summed E-state index contributed by atoms with van der Waals surface area (Å²) in [6, 6.07) is 0. The van der Waals surface area contributed by atoms with Crippen molar-refractivity contribution in [2.75, 3.05) is 5.73 Å². The number of nitrogens with two attached hydrogens (primary N) is 1. The van der Waals surface area contributed by atoms with Gasteiger partial charge in [-0.2, -0.15) is 0 Å². The fraction of sp³-hybridized carbons (Fsp3) is 0.250. The molecular formula is C4H7N4O+. The number of H-pyrrole nitrogens is 1. The maximum atomic E-state index is 10.4. The number of aryl methyl sites for hydroxylation is 1. The fourth-order valence-electron chi connectivity index (χ4n) is 0.431. The summed E-state index contributed by atoms with van der Waals surface area (Å²) in [5, 5.41) is 0. The van der Waals surface area contributed by atoms with Crippen LogP contribution in [0.4, 0.5) is 5.95 Å². The van der Waals surface area contributed by atoms with Crippen LogP contribution >= 0.6 is 0 Å². The summed E-state index contributed by atoms with van der Waals surface area (Å²) in [6.07, 6.45) is 1.36. The van der Waals surface area contributed by atoms with E-state index >= 15 is 0 Å². The van der Waals surface area contributed by atoms with E-state index in [9.17, 15) is 4.79 Å². The topological polar surface area (TPSA) is 75.7 Å². The van der Waals surface area contributed by atoms with Crippen molar-refractivity contribution in [1.82, 2.24) is 9.97 Å². The van der Waals surface area contributed by atoms with E-state index in [2.05, 4.69) is 9.97 Å². The molecule has 0 saturated heterocycles. The minimum atomic E-state index is -0.425. The van der Waals surface area contributed by atoms with Gasteiger partial charge in [-0.05, 0) is 0 Å². The Morgan fingerprint density at radius 3 is 3.00 bits per heavy atom. The van der Waals surface area contributed by atoms with E-state index < -0.39 is 5.69 Å². The molecule has 5 nitrogen and oxygen atoms in total. The summed E-state index contributed by atoms with van der Waals surface area (Å²) in [6.45, 7) is 0. The Bertz CT molecular complexity index is 266. The molecule has 0 radical (unpaired) electrons. The van der Waals surface area contributed by atoms with Crippen LogP contribution in [-0.2, 0) is 7.05 Å². The minimum Gasteiger partial charge on any atom is -0.310 e. The Morgan fingerprint density at radius 2 is 2.56 bits per heavy atom. The van der Waals surface area contributed by atoms with Crippen molar-refractivity contribution in [3.05, 3.63) is 16.8 Å². The molecule has 0 amide bonds. The molecule has 0 saturated carbocycles. The van der Waals surface area contributed by atoms with E-state index in [1.165, 1.54) is 10.9 Å². The highest BCUT2D eigenvalue weighted by Gasteiger charge is 1.97. The number of hydrogen-bond donors (Lipinski definition) is 2. The summed E-state index contributed by atoms with van der Waals surface area (Å²) in [5.74, 6) is 0.301. The Hall–Kier alpha value is -1.39. The first-order chi connectivity index (χ1) is 4.20. The second-order valence-electron chi connectivity index (χ2n) is 1.67. The quantitative estimate of drug-likeness (QED) is 0.403. The third-order valence-electron chi connectivity index (χ3n) is 0.963. The lowest BCUT2D eigenvalue weighted by molar-refractivity contribution is -0.662. The molecule has 0 spiro atoms. The van der Waals surface area contributed by atoms with E-state index in [1.54, 1.807) is 7.05 Å². The van der Waals surface area contributed by atoms with Crippen LogP contribution in [0.1, 0.15) is 0 Å². The number of rotatable bonds is 0. The molecule has 0 bridgehead atoms. The first kappa shape index (κ1) is 5.74. The second-order valence-corrected chi connectivity index (χ2v) is 1.67. The molecule has 9 heavy (non-hydrogen) atoms. The van der Waals surface area contributed by atoms with Gasteiger partial charge in [0.25, 0.3) is 0 Å². The van der Waals surface area contributed by atoms with Gasteiger partial charge in [0, 0.05) is 0 Å². The van der Waals surface area contributed by atoms with Crippen LogP contribution in [0.5, 0.6) is 0 Å². The van der Waals surface area contributed by atoms with Gasteiger partial charge in [-0.25, -0.2) is 14.3 Å². The highest BCUT2D eigenvalue weighted by atomic mass is 16.1. The summed E-state index contributed by atoms with van der Waals surface area (Å²) in [5.41, 5.74) is 4.86. The predicted molar refractivity (Wildman–Crippen MR) is 30.4 cm³/mol. The maximum absolute atomic E-state index is 10.4. The minimum absolute atomic E-state index is 0.301. The highest BCUT2D eigenvalue weighted by Crippen LogP contribution is 1.69. The lowest BCUT2D eigenvalue weighted by Gasteiger charge is -1.89. The van der Waals surface area contributed by atoms with Crippen molar-refractivity contribution in [2.45, 2.75) is 0 Å². The maximum Gasteiger partial charge on any atom is 0.446 e. The third kappa shape index (κ3) is 1.04. The fourth-order valence-corrected chi connectivity index (χ4v) is 0.431. The Balaban J connectivity index is 3.34. The molecule has 1 rings (SSSR count). The number of nitrogens with one attached hydrogen (secondary N) is 1. The number of anilines is 1. The van der Waals surface area contributed by atoms with Crippen LogP contribution in [0.15, 0.2) is 11.1 Å². The molecule has 0 aliphatic rings. The zero-order valence-electron chi connectivity index (χ0n) is 4.96. The normalized spacial score (nSPS) is 9.44. The third-order valence-corrected chi connectivity index (χ3v) is 0.963. The van der Waals surface area contributed by atoms with Crippen molar-refractivity contribution in [3.8, 4) is 0 Å². The van der Waals surface area contributed by atoms with Gasteiger partial charge in [0.15, 0.2) is 0 Å². The molecule has 0 aliphatic carbocycles. The number of aromatic nitrogens is 3. The summed E-state index contributed by atoms with van der Waals surface area (Å²) in [4.78, 5) is 16.1. The van der Waals surface area contributed by atoms with Gasteiger partial charge < -0.3 is 5.73 Å². The van der Waals surface area contributed by atoms with Crippen molar-refractivity contribution < 1.29 is 4.57 Å². The van der Waals surface area contributed by atoms with Gasteiger partial charge in [-0.1, -0.05) is 4.98 Å². The largest absolute Gasteiger partial charge is 0.446 e. The molecule has 0 aromatic carbocycles. The molecule has 1 heterocycles.